The van der Waals surface area contributed by atoms with Crippen molar-refractivity contribution in [3.05, 3.63) is 0 Å². The molecule has 0 spiro atoms. The zero-order chi connectivity index (χ0) is 11.7. The van der Waals surface area contributed by atoms with Gasteiger partial charge in [-0.25, -0.2) is 0 Å². The molecular weight excluding hydrogens is 210 g/mol. The van der Waals surface area contributed by atoms with Crippen LogP contribution in [0.5, 0.6) is 0 Å². The maximum absolute atomic E-state index is 11.6. The van der Waals surface area contributed by atoms with Crippen LogP contribution >= 0.6 is 12.2 Å². The van der Waals surface area contributed by atoms with Crippen LogP contribution < -0.4 is 10.6 Å². The second kappa shape index (κ2) is 8.47. The molecule has 2 N–H and O–H groups in total. The van der Waals surface area contributed by atoms with Crippen molar-refractivity contribution in [3.8, 4) is 0 Å². The quantitative estimate of drug-likeness (QED) is 0.662. The van der Waals surface area contributed by atoms with E-state index in [1.807, 2.05) is 13.8 Å². The highest BCUT2D eigenvalue weighted by Gasteiger charge is 2.08. The standard InChI is InChI=1S/C10H21N3OS/c1-4-7-11-10(15)12-8-9(14)13(5-2)6-3/h4-8H2,1-3H3,(H2,11,12,15). The predicted octanol–water partition coefficient (Wildman–Crippen LogP) is 0.729. The third-order valence-electron chi connectivity index (χ3n) is 2.05. The van der Waals surface area contributed by atoms with Gasteiger partial charge in [-0.3, -0.25) is 4.79 Å². The monoisotopic (exact) mass is 231 g/mol. The first-order valence-electron chi connectivity index (χ1n) is 5.45. The second-order valence-corrected chi connectivity index (χ2v) is 3.58. The van der Waals surface area contributed by atoms with Crippen LogP contribution in [0.1, 0.15) is 27.2 Å². The van der Waals surface area contributed by atoms with E-state index >= 15 is 0 Å². The van der Waals surface area contributed by atoms with Gasteiger partial charge in [-0.15, -0.1) is 0 Å². The number of hydrogen-bond donors (Lipinski definition) is 2. The van der Waals surface area contributed by atoms with E-state index in [2.05, 4.69) is 17.6 Å². The first-order chi connectivity index (χ1) is 7.15. The molecular formula is C10H21N3OS. The molecule has 0 fully saturated rings. The van der Waals surface area contributed by atoms with Crippen molar-refractivity contribution in [3.63, 3.8) is 0 Å². The molecule has 0 heterocycles. The first kappa shape index (κ1) is 14.2. The molecule has 0 atom stereocenters. The number of nitrogens with zero attached hydrogens (tertiary/aromatic N) is 1. The summed E-state index contributed by atoms with van der Waals surface area (Å²) in [6, 6.07) is 0. The Bertz CT molecular complexity index is 205. The lowest BCUT2D eigenvalue weighted by molar-refractivity contribution is -0.129. The van der Waals surface area contributed by atoms with E-state index in [1.165, 1.54) is 0 Å². The van der Waals surface area contributed by atoms with Gasteiger partial charge in [0.1, 0.15) is 0 Å². The van der Waals surface area contributed by atoms with Gasteiger partial charge in [0.2, 0.25) is 5.91 Å². The average Bonchev–Trinajstić information content (AvgIpc) is 2.25. The lowest BCUT2D eigenvalue weighted by Crippen LogP contribution is -2.43. The van der Waals surface area contributed by atoms with Crippen LogP contribution in [0, 0.1) is 0 Å². The maximum Gasteiger partial charge on any atom is 0.241 e. The van der Waals surface area contributed by atoms with Crippen LogP contribution in [-0.2, 0) is 4.79 Å². The SMILES string of the molecule is CCCNC(=S)NCC(=O)N(CC)CC. The molecule has 0 unspecified atom stereocenters. The first-order valence-corrected chi connectivity index (χ1v) is 5.85. The van der Waals surface area contributed by atoms with E-state index in [0.29, 0.717) is 5.11 Å². The number of carbonyl (C=O) groups is 1. The summed E-state index contributed by atoms with van der Waals surface area (Å²) >= 11 is 5.00. The van der Waals surface area contributed by atoms with Crippen molar-refractivity contribution in [1.82, 2.24) is 15.5 Å². The zero-order valence-corrected chi connectivity index (χ0v) is 10.6. The lowest BCUT2D eigenvalue weighted by Gasteiger charge is -2.19. The summed E-state index contributed by atoms with van der Waals surface area (Å²) in [6.07, 6.45) is 1.02. The molecule has 0 saturated carbocycles. The Morgan fingerprint density at radius 2 is 1.80 bits per heavy atom. The number of hydrogen-bond acceptors (Lipinski definition) is 2. The molecule has 15 heavy (non-hydrogen) atoms. The molecule has 0 aromatic heterocycles. The molecule has 0 rings (SSSR count). The van der Waals surface area contributed by atoms with Crippen molar-refractivity contribution in [1.29, 1.82) is 0 Å². The molecule has 5 heteroatoms. The van der Waals surface area contributed by atoms with Gasteiger partial charge in [-0.2, -0.15) is 0 Å². The van der Waals surface area contributed by atoms with Gasteiger partial charge < -0.3 is 15.5 Å². The predicted molar refractivity (Wildman–Crippen MR) is 66.8 cm³/mol. The Hall–Kier alpha value is -0.840. The number of likely N-dealkylation sites (N-methyl/N-ethyl adjacent to an activating group) is 1. The van der Waals surface area contributed by atoms with E-state index in [9.17, 15) is 4.79 Å². The Morgan fingerprint density at radius 3 is 2.27 bits per heavy atom. The Kier molecular flexibility index (Phi) is 7.99. The van der Waals surface area contributed by atoms with Gasteiger partial charge in [0, 0.05) is 19.6 Å². The highest BCUT2D eigenvalue weighted by Crippen LogP contribution is 1.87. The molecule has 0 aliphatic heterocycles. The van der Waals surface area contributed by atoms with Crippen LogP contribution in [0.15, 0.2) is 0 Å². The average molecular weight is 231 g/mol. The summed E-state index contributed by atoms with van der Waals surface area (Å²) in [5, 5.41) is 6.46. The van der Waals surface area contributed by atoms with Crippen molar-refractivity contribution < 1.29 is 4.79 Å². The molecule has 0 aromatic rings. The van der Waals surface area contributed by atoms with E-state index in [4.69, 9.17) is 12.2 Å². The summed E-state index contributed by atoms with van der Waals surface area (Å²) in [7, 11) is 0. The van der Waals surface area contributed by atoms with Gasteiger partial charge in [-0.1, -0.05) is 6.92 Å². The molecule has 0 radical (unpaired) electrons. The normalized spacial score (nSPS) is 9.53. The molecule has 0 aromatic carbocycles. The van der Waals surface area contributed by atoms with Crippen LogP contribution in [0.2, 0.25) is 0 Å². The number of carbonyl (C=O) groups excluding carboxylic acids is 1. The summed E-state index contributed by atoms with van der Waals surface area (Å²) in [5.74, 6) is 0.0839. The van der Waals surface area contributed by atoms with Crippen LogP contribution in [0.4, 0.5) is 0 Å². The number of thiocarbonyl (C=S) groups is 1. The smallest absolute Gasteiger partial charge is 0.241 e. The molecule has 0 aliphatic carbocycles. The van der Waals surface area contributed by atoms with Gasteiger partial charge in [0.15, 0.2) is 5.11 Å². The van der Waals surface area contributed by atoms with Crippen LogP contribution in [-0.4, -0.2) is 42.1 Å². The van der Waals surface area contributed by atoms with Crippen LogP contribution in [0.25, 0.3) is 0 Å². The fourth-order valence-electron chi connectivity index (χ4n) is 1.15. The third kappa shape index (κ3) is 6.28. The zero-order valence-electron chi connectivity index (χ0n) is 9.80. The summed E-state index contributed by atoms with van der Waals surface area (Å²) in [4.78, 5) is 13.3. The molecule has 88 valence electrons. The topological polar surface area (TPSA) is 44.4 Å². The minimum atomic E-state index is 0.0839. The number of nitrogens with one attached hydrogen (secondary N) is 2. The molecule has 0 saturated heterocycles. The summed E-state index contributed by atoms with van der Waals surface area (Å²) in [5.41, 5.74) is 0. The molecule has 1 amide bonds. The lowest BCUT2D eigenvalue weighted by atomic mass is 10.4. The van der Waals surface area contributed by atoms with E-state index in [0.717, 1.165) is 26.1 Å². The molecule has 0 bridgehead atoms. The van der Waals surface area contributed by atoms with Crippen molar-refractivity contribution >= 4 is 23.2 Å². The second-order valence-electron chi connectivity index (χ2n) is 3.18. The van der Waals surface area contributed by atoms with Gasteiger partial charge in [-0.05, 0) is 32.5 Å². The number of amides is 1. The molecule has 0 aliphatic rings. The van der Waals surface area contributed by atoms with Gasteiger partial charge in [0.05, 0.1) is 6.54 Å². The van der Waals surface area contributed by atoms with Crippen molar-refractivity contribution in [2.45, 2.75) is 27.2 Å². The van der Waals surface area contributed by atoms with Crippen molar-refractivity contribution in [2.75, 3.05) is 26.2 Å². The number of rotatable bonds is 6. The molecule has 4 nitrogen and oxygen atoms in total. The summed E-state index contributed by atoms with van der Waals surface area (Å²) < 4.78 is 0. The fourth-order valence-corrected chi connectivity index (χ4v) is 1.32. The minimum absolute atomic E-state index is 0.0839. The fraction of sp³-hybridized carbons (Fsp3) is 0.800. The van der Waals surface area contributed by atoms with Gasteiger partial charge in [0.25, 0.3) is 0 Å². The van der Waals surface area contributed by atoms with E-state index in [-0.39, 0.29) is 12.5 Å². The Labute approximate surface area is 97.4 Å². The van der Waals surface area contributed by atoms with E-state index < -0.39 is 0 Å². The third-order valence-corrected chi connectivity index (χ3v) is 2.34. The Morgan fingerprint density at radius 1 is 1.20 bits per heavy atom. The van der Waals surface area contributed by atoms with Crippen LogP contribution in [0.3, 0.4) is 0 Å². The van der Waals surface area contributed by atoms with Gasteiger partial charge >= 0.3 is 0 Å². The van der Waals surface area contributed by atoms with Crippen molar-refractivity contribution in [2.24, 2.45) is 0 Å². The Balaban J connectivity index is 3.74. The highest BCUT2D eigenvalue weighted by molar-refractivity contribution is 7.80. The summed E-state index contributed by atoms with van der Waals surface area (Å²) in [6.45, 7) is 8.60. The van der Waals surface area contributed by atoms with E-state index in [1.54, 1.807) is 4.90 Å². The maximum atomic E-state index is 11.6. The highest BCUT2D eigenvalue weighted by atomic mass is 32.1. The largest absolute Gasteiger partial charge is 0.363 e. The minimum Gasteiger partial charge on any atom is -0.363 e.